The van der Waals surface area contributed by atoms with Gasteiger partial charge < -0.3 is 14.2 Å². The number of ketones is 1. The molecule has 0 spiro atoms. The third-order valence-corrected chi connectivity index (χ3v) is 2.91. The Hall–Kier alpha value is -1.39. The van der Waals surface area contributed by atoms with Crippen molar-refractivity contribution >= 4 is 5.78 Å². The Balaban J connectivity index is 1.99. The molecule has 1 saturated heterocycles. The maximum absolute atomic E-state index is 11.9. The number of hydrogen-bond donors (Lipinski definition) is 0. The van der Waals surface area contributed by atoms with Crippen LogP contribution in [0.25, 0.3) is 0 Å². The molecule has 0 aliphatic carbocycles. The van der Waals surface area contributed by atoms with E-state index in [2.05, 4.69) is 0 Å². The summed E-state index contributed by atoms with van der Waals surface area (Å²) in [6.07, 6.45) is 0.291. The number of ether oxygens (including phenoxy) is 3. The Morgan fingerprint density at radius 2 is 2.11 bits per heavy atom. The van der Waals surface area contributed by atoms with Gasteiger partial charge in [0.25, 0.3) is 0 Å². The maximum Gasteiger partial charge on any atom is 0.164 e. The number of carbonyl (C=O) groups is 1. The van der Waals surface area contributed by atoms with Gasteiger partial charge in [0.15, 0.2) is 6.29 Å². The lowest BCUT2D eigenvalue weighted by molar-refractivity contribution is -0.126. The van der Waals surface area contributed by atoms with E-state index in [4.69, 9.17) is 14.2 Å². The van der Waals surface area contributed by atoms with Crippen molar-refractivity contribution in [1.29, 1.82) is 0 Å². The third kappa shape index (κ3) is 3.31. The molecule has 2 rings (SSSR count). The standard InChI is InChI=1S/C14H18O4/c1-10-3-4-13(16-2)11(7-10)8-12(15)9-14-17-5-6-18-14/h3-4,7,14H,5-6,8-9H2,1-2H3. The highest BCUT2D eigenvalue weighted by Gasteiger charge is 2.20. The van der Waals surface area contributed by atoms with Crippen molar-refractivity contribution in [2.24, 2.45) is 0 Å². The highest BCUT2D eigenvalue weighted by molar-refractivity contribution is 5.82. The highest BCUT2D eigenvalue weighted by atomic mass is 16.7. The first-order chi connectivity index (χ1) is 8.69. The molecular weight excluding hydrogens is 232 g/mol. The van der Waals surface area contributed by atoms with Crippen molar-refractivity contribution in [2.75, 3.05) is 20.3 Å². The molecule has 0 aromatic heterocycles. The van der Waals surface area contributed by atoms with Crippen molar-refractivity contribution in [1.82, 2.24) is 0 Å². The Morgan fingerprint density at radius 3 is 2.78 bits per heavy atom. The molecule has 0 bridgehead atoms. The van der Waals surface area contributed by atoms with E-state index >= 15 is 0 Å². The van der Waals surface area contributed by atoms with Crippen LogP contribution in [0.3, 0.4) is 0 Å². The van der Waals surface area contributed by atoms with Gasteiger partial charge in [0, 0.05) is 12.0 Å². The zero-order valence-electron chi connectivity index (χ0n) is 10.8. The fourth-order valence-electron chi connectivity index (χ4n) is 2.04. The molecule has 1 aromatic carbocycles. The van der Waals surface area contributed by atoms with E-state index < -0.39 is 0 Å². The van der Waals surface area contributed by atoms with E-state index in [0.29, 0.717) is 26.1 Å². The number of hydrogen-bond acceptors (Lipinski definition) is 4. The van der Waals surface area contributed by atoms with Crippen LogP contribution in [0, 0.1) is 6.92 Å². The number of rotatable bonds is 5. The molecule has 18 heavy (non-hydrogen) atoms. The molecule has 4 nitrogen and oxygen atoms in total. The van der Waals surface area contributed by atoms with Crippen LogP contribution in [0.5, 0.6) is 5.75 Å². The third-order valence-electron chi connectivity index (χ3n) is 2.91. The summed E-state index contributed by atoms with van der Waals surface area (Å²) in [5.74, 6) is 0.855. The minimum absolute atomic E-state index is 0.103. The van der Waals surface area contributed by atoms with E-state index in [-0.39, 0.29) is 12.1 Å². The van der Waals surface area contributed by atoms with Gasteiger partial charge in [-0.15, -0.1) is 0 Å². The molecule has 0 atom stereocenters. The molecule has 0 radical (unpaired) electrons. The largest absolute Gasteiger partial charge is 0.496 e. The molecule has 1 aliphatic heterocycles. The van der Waals surface area contributed by atoms with E-state index in [1.54, 1.807) is 7.11 Å². The van der Waals surface area contributed by atoms with Crippen LogP contribution in [-0.4, -0.2) is 32.4 Å². The van der Waals surface area contributed by atoms with E-state index in [1.165, 1.54) is 0 Å². The lowest BCUT2D eigenvalue weighted by Crippen LogP contribution is -2.16. The number of aryl methyl sites for hydroxylation is 1. The van der Waals surface area contributed by atoms with Crippen molar-refractivity contribution in [3.05, 3.63) is 29.3 Å². The predicted molar refractivity (Wildman–Crippen MR) is 66.8 cm³/mol. The van der Waals surface area contributed by atoms with Gasteiger partial charge in [-0.2, -0.15) is 0 Å². The van der Waals surface area contributed by atoms with Crippen molar-refractivity contribution < 1.29 is 19.0 Å². The second-order valence-electron chi connectivity index (χ2n) is 4.41. The number of benzene rings is 1. The first kappa shape index (κ1) is 13.1. The molecule has 98 valence electrons. The van der Waals surface area contributed by atoms with Gasteiger partial charge in [-0.05, 0) is 13.0 Å². The Labute approximate surface area is 107 Å². The van der Waals surface area contributed by atoms with Gasteiger partial charge >= 0.3 is 0 Å². The Bertz CT molecular complexity index is 422. The van der Waals surface area contributed by atoms with Crippen LogP contribution >= 0.6 is 0 Å². The molecule has 0 saturated carbocycles. The second-order valence-corrected chi connectivity index (χ2v) is 4.41. The van der Waals surface area contributed by atoms with Crippen LogP contribution < -0.4 is 4.74 Å². The zero-order chi connectivity index (χ0) is 13.0. The molecule has 1 fully saturated rings. The normalized spacial score (nSPS) is 15.9. The summed E-state index contributed by atoms with van der Waals surface area (Å²) in [5, 5.41) is 0. The predicted octanol–water partition coefficient (Wildman–Crippen LogP) is 1.88. The quantitative estimate of drug-likeness (QED) is 0.800. The summed E-state index contributed by atoms with van der Waals surface area (Å²) in [5.41, 5.74) is 2.03. The summed E-state index contributed by atoms with van der Waals surface area (Å²) in [4.78, 5) is 11.9. The van der Waals surface area contributed by atoms with Gasteiger partial charge in [-0.3, -0.25) is 4.79 Å². The molecule has 0 amide bonds. The zero-order valence-corrected chi connectivity index (χ0v) is 10.8. The molecule has 0 N–H and O–H groups in total. The molecular formula is C14H18O4. The van der Waals surface area contributed by atoms with Gasteiger partial charge in [0.2, 0.25) is 0 Å². The molecule has 4 heteroatoms. The monoisotopic (exact) mass is 250 g/mol. The minimum Gasteiger partial charge on any atom is -0.496 e. The van der Waals surface area contributed by atoms with Crippen LogP contribution in [0.4, 0.5) is 0 Å². The molecule has 1 aliphatic rings. The van der Waals surface area contributed by atoms with Crippen molar-refractivity contribution in [3.8, 4) is 5.75 Å². The van der Waals surface area contributed by atoms with Crippen LogP contribution in [-0.2, 0) is 20.7 Å². The van der Waals surface area contributed by atoms with Gasteiger partial charge in [0.1, 0.15) is 11.5 Å². The first-order valence-corrected chi connectivity index (χ1v) is 6.07. The van der Waals surface area contributed by atoms with Crippen molar-refractivity contribution in [2.45, 2.75) is 26.1 Å². The fraction of sp³-hybridized carbons (Fsp3) is 0.500. The number of Topliss-reactive ketones (excluding diaryl/α,β-unsaturated/α-hetero) is 1. The van der Waals surface area contributed by atoms with Crippen molar-refractivity contribution in [3.63, 3.8) is 0 Å². The minimum atomic E-state index is -0.367. The van der Waals surface area contributed by atoms with Crippen LogP contribution in [0.15, 0.2) is 18.2 Å². The number of methoxy groups -OCH3 is 1. The van der Waals surface area contributed by atoms with Gasteiger partial charge in [-0.25, -0.2) is 0 Å². The lowest BCUT2D eigenvalue weighted by Gasteiger charge is -2.11. The summed E-state index contributed by atoms with van der Waals surface area (Å²) >= 11 is 0. The maximum atomic E-state index is 11.9. The highest BCUT2D eigenvalue weighted by Crippen LogP contribution is 2.21. The van der Waals surface area contributed by atoms with E-state index in [0.717, 1.165) is 16.9 Å². The second kappa shape index (κ2) is 5.98. The topological polar surface area (TPSA) is 44.8 Å². The van der Waals surface area contributed by atoms with E-state index in [1.807, 2.05) is 25.1 Å². The smallest absolute Gasteiger partial charge is 0.164 e. The molecule has 0 unspecified atom stereocenters. The fourth-order valence-corrected chi connectivity index (χ4v) is 2.04. The summed E-state index contributed by atoms with van der Waals surface area (Å²) in [6.45, 7) is 3.15. The van der Waals surface area contributed by atoms with Crippen LogP contribution in [0.1, 0.15) is 17.5 Å². The Morgan fingerprint density at radius 1 is 1.39 bits per heavy atom. The average Bonchev–Trinajstić information content (AvgIpc) is 2.82. The summed E-state index contributed by atoms with van der Waals surface area (Å²) in [6, 6.07) is 5.84. The SMILES string of the molecule is COc1ccc(C)cc1CC(=O)CC1OCCO1. The summed E-state index contributed by atoms with van der Waals surface area (Å²) in [7, 11) is 1.61. The summed E-state index contributed by atoms with van der Waals surface area (Å²) < 4.78 is 15.8. The Kier molecular flexibility index (Phi) is 4.33. The van der Waals surface area contributed by atoms with Crippen LogP contribution in [0.2, 0.25) is 0 Å². The van der Waals surface area contributed by atoms with Gasteiger partial charge in [-0.1, -0.05) is 17.7 Å². The first-order valence-electron chi connectivity index (χ1n) is 6.07. The molecule has 1 heterocycles. The van der Waals surface area contributed by atoms with E-state index in [9.17, 15) is 4.79 Å². The number of carbonyl (C=O) groups excluding carboxylic acids is 1. The molecule has 1 aromatic rings. The van der Waals surface area contributed by atoms with Gasteiger partial charge in [0.05, 0.1) is 26.7 Å². The lowest BCUT2D eigenvalue weighted by atomic mass is 10.0. The average molecular weight is 250 g/mol.